The third-order valence-corrected chi connectivity index (χ3v) is 4.92. The largest absolute Gasteiger partial charge is 0.496 e. The third-order valence-electron chi connectivity index (χ3n) is 4.46. The smallest absolute Gasteiger partial charge is 0.415 e. The Labute approximate surface area is 167 Å². The fraction of sp³-hybridized carbons (Fsp3) is 0.381. The summed E-state index contributed by atoms with van der Waals surface area (Å²) in [5.74, 6) is 0.362. The molecule has 0 aromatic heterocycles. The van der Waals surface area contributed by atoms with Crippen molar-refractivity contribution in [1.29, 1.82) is 0 Å². The van der Waals surface area contributed by atoms with Crippen molar-refractivity contribution in [3.63, 3.8) is 0 Å². The number of amides is 1. The molecule has 1 aliphatic rings. The van der Waals surface area contributed by atoms with Gasteiger partial charge >= 0.3 is 6.09 Å². The Morgan fingerprint density at radius 1 is 1.26 bits per heavy atom. The van der Waals surface area contributed by atoms with Gasteiger partial charge < -0.3 is 9.47 Å². The first kappa shape index (κ1) is 19.7. The monoisotopic (exact) mass is 435 g/mol. The van der Waals surface area contributed by atoms with Crippen LogP contribution in [0, 0.1) is 5.82 Å². The molecule has 1 unspecified atom stereocenters. The summed E-state index contributed by atoms with van der Waals surface area (Å²) in [4.78, 5) is 14.7. The van der Waals surface area contributed by atoms with E-state index >= 15 is 0 Å². The van der Waals surface area contributed by atoms with E-state index in [1.54, 1.807) is 18.1 Å². The minimum absolute atomic E-state index is 0.308. The number of rotatable bonds is 2. The van der Waals surface area contributed by atoms with Gasteiger partial charge in [0.05, 0.1) is 18.8 Å². The maximum atomic E-state index is 14.5. The Morgan fingerprint density at radius 2 is 1.96 bits per heavy atom. The Hall–Kier alpha value is -2.08. The minimum atomic E-state index is -0.662. The van der Waals surface area contributed by atoms with E-state index in [4.69, 9.17) is 9.47 Å². The van der Waals surface area contributed by atoms with Crippen LogP contribution in [0.4, 0.5) is 14.9 Å². The van der Waals surface area contributed by atoms with E-state index in [9.17, 15) is 9.18 Å². The Kier molecular flexibility index (Phi) is 5.47. The molecule has 0 N–H and O–H groups in total. The van der Waals surface area contributed by atoms with E-state index in [2.05, 4.69) is 15.9 Å². The van der Waals surface area contributed by atoms with Crippen molar-refractivity contribution in [2.24, 2.45) is 0 Å². The van der Waals surface area contributed by atoms with Gasteiger partial charge in [0, 0.05) is 15.6 Å². The van der Waals surface area contributed by atoms with Crippen molar-refractivity contribution < 1.29 is 18.7 Å². The average Bonchev–Trinajstić information content (AvgIpc) is 2.59. The van der Waals surface area contributed by atoms with Gasteiger partial charge in [-0.1, -0.05) is 34.1 Å². The molecule has 1 atom stereocenters. The normalized spacial score (nSPS) is 16.7. The first-order chi connectivity index (χ1) is 12.7. The molecule has 1 aliphatic heterocycles. The number of benzene rings is 2. The SMILES string of the molecule is COc1ccccc1C1CCc2c(F)cc(Br)cc2N1C(=O)OC(C)(C)C. The number of nitrogens with zero attached hydrogens (tertiary/aromatic N) is 1. The number of anilines is 1. The van der Waals surface area contributed by atoms with Crippen LogP contribution in [0.3, 0.4) is 0 Å². The quantitative estimate of drug-likeness (QED) is 0.578. The maximum absolute atomic E-state index is 14.5. The van der Waals surface area contributed by atoms with Gasteiger partial charge in [-0.3, -0.25) is 4.90 Å². The number of fused-ring (bicyclic) bond motifs is 1. The van der Waals surface area contributed by atoms with E-state index in [-0.39, 0.29) is 11.9 Å². The second-order valence-corrected chi connectivity index (χ2v) is 8.45. The van der Waals surface area contributed by atoms with Gasteiger partial charge in [-0.25, -0.2) is 9.18 Å². The zero-order valence-corrected chi connectivity index (χ0v) is 17.5. The van der Waals surface area contributed by atoms with Crippen LogP contribution < -0.4 is 9.64 Å². The molecular weight excluding hydrogens is 413 g/mol. The fourth-order valence-electron chi connectivity index (χ4n) is 3.40. The summed E-state index contributed by atoms with van der Waals surface area (Å²) in [5, 5.41) is 0. The first-order valence-electron chi connectivity index (χ1n) is 8.84. The van der Waals surface area contributed by atoms with Crippen LogP contribution in [-0.4, -0.2) is 18.8 Å². The lowest BCUT2D eigenvalue weighted by molar-refractivity contribution is 0.0559. The summed E-state index contributed by atoms with van der Waals surface area (Å²) in [6.07, 6.45) is 0.596. The highest BCUT2D eigenvalue weighted by Gasteiger charge is 2.37. The van der Waals surface area contributed by atoms with Crippen LogP contribution in [0.2, 0.25) is 0 Å². The maximum Gasteiger partial charge on any atom is 0.415 e. The zero-order chi connectivity index (χ0) is 19.8. The molecule has 1 heterocycles. The number of hydrogen-bond acceptors (Lipinski definition) is 3. The van der Waals surface area contributed by atoms with Crippen LogP contribution in [0.25, 0.3) is 0 Å². The first-order valence-corrected chi connectivity index (χ1v) is 9.63. The molecule has 6 heteroatoms. The van der Waals surface area contributed by atoms with Crippen LogP contribution in [-0.2, 0) is 11.2 Å². The Morgan fingerprint density at radius 3 is 2.63 bits per heavy atom. The van der Waals surface area contributed by atoms with Crippen LogP contribution in [0.5, 0.6) is 5.75 Å². The molecule has 0 fully saturated rings. The molecule has 4 nitrogen and oxygen atoms in total. The Balaban J connectivity index is 2.14. The summed E-state index contributed by atoms with van der Waals surface area (Å²) in [6.45, 7) is 5.44. The second kappa shape index (κ2) is 7.50. The van der Waals surface area contributed by atoms with Crippen molar-refractivity contribution >= 4 is 27.7 Å². The highest BCUT2D eigenvalue weighted by Crippen LogP contribution is 2.44. The van der Waals surface area contributed by atoms with Crippen LogP contribution in [0.15, 0.2) is 40.9 Å². The standard InChI is InChI=1S/C21H23BrFNO3/c1-21(2,3)27-20(25)24-17(15-7-5-6-8-19(15)26-4)10-9-14-16(23)11-13(22)12-18(14)24/h5-8,11-12,17H,9-10H2,1-4H3. The Bertz CT molecular complexity index is 863. The number of methoxy groups -OCH3 is 1. The highest BCUT2D eigenvalue weighted by atomic mass is 79.9. The molecule has 2 aromatic carbocycles. The van der Waals surface area contributed by atoms with E-state index in [1.807, 2.05) is 45.0 Å². The molecule has 144 valence electrons. The van der Waals surface area contributed by atoms with Crippen molar-refractivity contribution in [3.8, 4) is 5.75 Å². The summed E-state index contributed by atoms with van der Waals surface area (Å²) in [7, 11) is 1.60. The van der Waals surface area contributed by atoms with E-state index in [1.165, 1.54) is 6.07 Å². The number of hydrogen-bond donors (Lipinski definition) is 0. The van der Waals surface area contributed by atoms with Crippen LogP contribution >= 0.6 is 15.9 Å². The molecule has 0 bridgehead atoms. The molecule has 0 saturated carbocycles. The van der Waals surface area contributed by atoms with Crippen molar-refractivity contribution in [2.45, 2.75) is 45.3 Å². The lowest BCUT2D eigenvalue weighted by Gasteiger charge is -2.38. The lowest BCUT2D eigenvalue weighted by Crippen LogP contribution is -2.42. The van der Waals surface area contributed by atoms with Crippen molar-refractivity contribution in [2.75, 3.05) is 12.0 Å². The van der Waals surface area contributed by atoms with Gasteiger partial charge in [-0.05, 0) is 51.8 Å². The van der Waals surface area contributed by atoms with E-state index < -0.39 is 11.7 Å². The molecule has 27 heavy (non-hydrogen) atoms. The fourth-order valence-corrected chi connectivity index (χ4v) is 3.82. The molecule has 3 rings (SSSR count). The van der Waals surface area contributed by atoms with E-state index in [0.29, 0.717) is 34.3 Å². The number of ether oxygens (including phenoxy) is 2. The summed E-state index contributed by atoms with van der Waals surface area (Å²) >= 11 is 3.34. The topological polar surface area (TPSA) is 38.8 Å². The van der Waals surface area contributed by atoms with Gasteiger partial charge in [-0.2, -0.15) is 0 Å². The summed E-state index contributed by atoms with van der Waals surface area (Å²) < 4.78 is 26.3. The second-order valence-electron chi connectivity index (χ2n) is 7.53. The van der Waals surface area contributed by atoms with Gasteiger partial charge in [0.1, 0.15) is 17.2 Å². The summed E-state index contributed by atoms with van der Waals surface area (Å²) in [5.41, 5.74) is 1.26. The van der Waals surface area contributed by atoms with Crippen LogP contribution in [0.1, 0.15) is 44.4 Å². The summed E-state index contributed by atoms with van der Waals surface area (Å²) in [6, 6.07) is 10.5. The minimum Gasteiger partial charge on any atom is -0.496 e. The molecule has 0 saturated heterocycles. The highest BCUT2D eigenvalue weighted by molar-refractivity contribution is 9.10. The third kappa shape index (κ3) is 4.10. The predicted molar refractivity (Wildman–Crippen MR) is 107 cm³/mol. The van der Waals surface area contributed by atoms with Crippen molar-refractivity contribution in [3.05, 3.63) is 57.8 Å². The van der Waals surface area contributed by atoms with Gasteiger partial charge in [0.2, 0.25) is 0 Å². The molecule has 0 aliphatic carbocycles. The van der Waals surface area contributed by atoms with Gasteiger partial charge in [0.25, 0.3) is 0 Å². The molecule has 2 aromatic rings. The molecule has 0 spiro atoms. The molecule has 0 radical (unpaired) electrons. The number of para-hydroxylation sites is 1. The van der Waals surface area contributed by atoms with Gasteiger partial charge in [0.15, 0.2) is 0 Å². The molecule has 1 amide bonds. The lowest BCUT2D eigenvalue weighted by atomic mass is 9.90. The molecular formula is C21H23BrFNO3. The number of carbonyl (C=O) groups is 1. The average molecular weight is 436 g/mol. The van der Waals surface area contributed by atoms with E-state index in [0.717, 1.165) is 5.56 Å². The number of carbonyl (C=O) groups excluding carboxylic acids is 1. The zero-order valence-electron chi connectivity index (χ0n) is 15.9. The predicted octanol–water partition coefficient (Wildman–Crippen LogP) is 6.03. The van der Waals surface area contributed by atoms with Gasteiger partial charge in [-0.15, -0.1) is 0 Å². The number of halogens is 2. The van der Waals surface area contributed by atoms with Crippen molar-refractivity contribution in [1.82, 2.24) is 0 Å².